The summed E-state index contributed by atoms with van der Waals surface area (Å²) >= 11 is 0. The van der Waals surface area contributed by atoms with E-state index in [9.17, 15) is 9.59 Å². The van der Waals surface area contributed by atoms with Gasteiger partial charge in [0.05, 0.1) is 0 Å². The van der Waals surface area contributed by atoms with Gasteiger partial charge in [-0.2, -0.15) is 0 Å². The van der Waals surface area contributed by atoms with Gasteiger partial charge < -0.3 is 14.8 Å². The van der Waals surface area contributed by atoms with Crippen molar-refractivity contribution in [2.45, 2.75) is 19.8 Å². The molecule has 0 saturated heterocycles. The third-order valence-electron chi connectivity index (χ3n) is 3.52. The lowest BCUT2D eigenvalue weighted by atomic mass is 10.1. The van der Waals surface area contributed by atoms with Gasteiger partial charge in [0, 0.05) is 6.54 Å². The first kappa shape index (κ1) is 18.5. The Labute approximate surface area is 148 Å². The topological polar surface area (TPSA) is 64.6 Å². The zero-order valence-electron chi connectivity index (χ0n) is 14.4. The van der Waals surface area contributed by atoms with E-state index in [4.69, 9.17) is 9.47 Å². The van der Waals surface area contributed by atoms with Gasteiger partial charge in [-0.05, 0) is 43.0 Å². The lowest BCUT2D eigenvalue weighted by Gasteiger charge is -2.08. The van der Waals surface area contributed by atoms with Crippen LogP contribution in [0.4, 0.5) is 0 Å². The summed E-state index contributed by atoms with van der Waals surface area (Å²) in [6, 6.07) is 17.4. The van der Waals surface area contributed by atoms with Gasteiger partial charge in [0.15, 0.2) is 13.2 Å². The number of amides is 1. The van der Waals surface area contributed by atoms with Gasteiger partial charge in [0.2, 0.25) is 0 Å². The SMILES string of the molecule is Cc1cccc(OCC(=O)OCC(=O)NCCCc2ccccc2)c1. The second-order valence-corrected chi connectivity index (χ2v) is 5.70. The second kappa shape index (κ2) is 10.1. The van der Waals surface area contributed by atoms with Gasteiger partial charge in [0.1, 0.15) is 5.75 Å². The number of esters is 1. The van der Waals surface area contributed by atoms with Gasteiger partial charge in [0.25, 0.3) is 5.91 Å². The summed E-state index contributed by atoms with van der Waals surface area (Å²) in [6.07, 6.45) is 1.73. The molecule has 0 aromatic heterocycles. The summed E-state index contributed by atoms with van der Waals surface area (Å²) < 4.78 is 10.2. The van der Waals surface area contributed by atoms with Gasteiger partial charge >= 0.3 is 5.97 Å². The Morgan fingerprint density at radius 3 is 2.56 bits per heavy atom. The second-order valence-electron chi connectivity index (χ2n) is 5.70. The standard InChI is InChI=1S/C20H23NO4/c1-16-7-5-11-18(13-16)24-15-20(23)25-14-19(22)21-12-6-10-17-8-3-2-4-9-17/h2-5,7-9,11,13H,6,10,12,14-15H2,1H3,(H,21,22). The van der Waals surface area contributed by atoms with Crippen LogP contribution in [0.15, 0.2) is 54.6 Å². The highest BCUT2D eigenvalue weighted by Crippen LogP contribution is 2.12. The van der Waals surface area contributed by atoms with Crippen LogP contribution in [0, 0.1) is 6.92 Å². The van der Waals surface area contributed by atoms with Crippen molar-refractivity contribution >= 4 is 11.9 Å². The van der Waals surface area contributed by atoms with Crippen LogP contribution in [0.25, 0.3) is 0 Å². The van der Waals surface area contributed by atoms with E-state index in [1.54, 1.807) is 6.07 Å². The molecule has 0 fully saturated rings. The fourth-order valence-electron chi connectivity index (χ4n) is 2.25. The van der Waals surface area contributed by atoms with Gasteiger partial charge in [-0.1, -0.05) is 42.5 Å². The van der Waals surface area contributed by atoms with Crippen LogP contribution in [0.5, 0.6) is 5.75 Å². The van der Waals surface area contributed by atoms with Crippen LogP contribution < -0.4 is 10.1 Å². The number of carbonyl (C=O) groups excluding carboxylic acids is 2. The number of nitrogens with one attached hydrogen (secondary N) is 1. The Kier molecular flexibility index (Phi) is 7.50. The number of rotatable bonds is 9. The first-order chi connectivity index (χ1) is 12.1. The minimum Gasteiger partial charge on any atom is -0.482 e. The Bertz CT molecular complexity index is 685. The molecule has 2 aromatic rings. The van der Waals surface area contributed by atoms with Crippen molar-refractivity contribution in [1.82, 2.24) is 5.32 Å². The van der Waals surface area contributed by atoms with Crippen molar-refractivity contribution in [3.8, 4) is 5.75 Å². The molecule has 1 amide bonds. The van der Waals surface area contributed by atoms with Gasteiger partial charge in [-0.15, -0.1) is 0 Å². The summed E-state index contributed by atoms with van der Waals surface area (Å²) in [4.78, 5) is 23.2. The molecule has 0 spiro atoms. The van der Waals surface area contributed by atoms with E-state index in [1.165, 1.54) is 5.56 Å². The molecule has 2 rings (SSSR count). The number of carbonyl (C=O) groups is 2. The van der Waals surface area contributed by atoms with E-state index in [2.05, 4.69) is 17.4 Å². The van der Waals surface area contributed by atoms with Crippen molar-refractivity contribution in [1.29, 1.82) is 0 Å². The fraction of sp³-hybridized carbons (Fsp3) is 0.300. The van der Waals surface area contributed by atoms with Gasteiger partial charge in [-0.3, -0.25) is 4.79 Å². The van der Waals surface area contributed by atoms with Crippen molar-refractivity contribution in [2.24, 2.45) is 0 Å². The molecular weight excluding hydrogens is 318 g/mol. The predicted octanol–water partition coefficient (Wildman–Crippen LogP) is 2.67. The first-order valence-electron chi connectivity index (χ1n) is 8.29. The number of ether oxygens (including phenoxy) is 2. The molecule has 0 atom stereocenters. The zero-order chi connectivity index (χ0) is 17.9. The Morgan fingerprint density at radius 2 is 1.80 bits per heavy atom. The highest BCUT2D eigenvalue weighted by atomic mass is 16.6. The molecule has 1 N–H and O–H groups in total. The highest BCUT2D eigenvalue weighted by Gasteiger charge is 2.08. The Morgan fingerprint density at radius 1 is 1.00 bits per heavy atom. The van der Waals surface area contributed by atoms with Crippen LogP contribution in [-0.4, -0.2) is 31.6 Å². The average Bonchev–Trinajstić information content (AvgIpc) is 2.63. The number of hydrogen-bond donors (Lipinski definition) is 1. The summed E-state index contributed by atoms with van der Waals surface area (Å²) in [6.45, 7) is 1.98. The molecule has 0 aliphatic heterocycles. The normalized spacial score (nSPS) is 10.1. The van der Waals surface area contributed by atoms with E-state index < -0.39 is 5.97 Å². The molecule has 0 aliphatic carbocycles. The maximum Gasteiger partial charge on any atom is 0.344 e. The molecule has 25 heavy (non-hydrogen) atoms. The molecule has 2 aromatic carbocycles. The monoisotopic (exact) mass is 341 g/mol. The van der Waals surface area contributed by atoms with Crippen molar-refractivity contribution in [2.75, 3.05) is 19.8 Å². The molecule has 0 aliphatic rings. The maximum absolute atomic E-state index is 11.6. The molecule has 5 heteroatoms. The minimum absolute atomic E-state index is 0.218. The molecule has 0 unspecified atom stereocenters. The molecule has 0 saturated carbocycles. The quantitative estimate of drug-likeness (QED) is 0.562. The van der Waals surface area contributed by atoms with Gasteiger partial charge in [-0.25, -0.2) is 4.79 Å². The lowest BCUT2D eigenvalue weighted by Crippen LogP contribution is -2.30. The Balaban J connectivity index is 1.55. The number of aryl methyl sites for hydroxylation is 2. The molecular formula is C20H23NO4. The number of hydrogen-bond acceptors (Lipinski definition) is 4. The maximum atomic E-state index is 11.6. The van der Waals surface area contributed by atoms with E-state index in [1.807, 2.05) is 43.3 Å². The first-order valence-corrected chi connectivity index (χ1v) is 8.29. The van der Waals surface area contributed by atoms with E-state index >= 15 is 0 Å². The third-order valence-corrected chi connectivity index (χ3v) is 3.52. The summed E-state index contributed by atoms with van der Waals surface area (Å²) in [7, 11) is 0. The molecule has 132 valence electrons. The number of benzene rings is 2. The lowest BCUT2D eigenvalue weighted by molar-refractivity contribution is -0.150. The zero-order valence-corrected chi connectivity index (χ0v) is 14.4. The van der Waals surface area contributed by atoms with Crippen molar-refractivity contribution < 1.29 is 19.1 Å². The molecule has 0 radical (unpaired) electrons. The Hall–Kier alpha value is -2.82. The smallest absolute Gasteiger partial charge is 0.344 e. The van der Waals surface area contributed by atoms with Crippen molar-refractivity contribution in [3.63, 3.8) is 0 Å². The minimum atomic E-state index is -0.569. The van der Waals surface area contributed by atoms with Crippen LogP contribution >= 0.6 is 0 Å². The molecule has 0 heterocycles. The van der Waals surface area contributed by atoms with Crippen LogP contribution in [-0.2, 0) is 20.7 Å². The van der Waals surface area contributed by atoms with Crippen LogP contribution in [0.1, 0.15) is 17.5 Å². The highest BCUT2D eigenvalue weighted by molar-refractivity contribution is 5.80. The average molecular weight is 341 g/mol. The fourth-order valence-corrected chi connectivity index (χ4v) is 2.25. The van der Waals surface area contributed by atoms with E-state index in [0.29, 0.717) is 12.3 Å². The summed E-state index contributed by atoms with van der Waals surface area (Å²) in [5.74, 6) is -0.278. The van der Waals surface area contributed by atoms with Crippen molar-refractivity contribution in [3.05, 3.63) is 65.7 Å². The molecule has 0 bridgehead atoms. The van der Waals surface area contributed by atoms with Crippen LogP contribution in [0.2, 0.25) is 0 Å². The predicted molar refractivity (Wildman–Crippen MR) is 95.4 cm³/mol. The third kappa shape index (κ3) is 7.52. The van der Waals surface area contributed by atoms with Crippen LogP contribution in [0.3, 0.4) is 0 Å². The summed E-state index contributed by atoms with van der Waals surface area (Å²) in [5.41, 5.74) is 2.28. The van der Waals surface area contributed by atoms with E-state index in [-0.39, 0.29) is 19.1 Å². The largest absolute Gasteiger partial charge is 0.482 e. The molecule has 5 nitrogen and oxygen atoms in total. The summed E-state index contributed by atoms with van der Waals surface area (Å²) in [5, 5.41) is 2.73. The van der Waals surface area contributed by atoms with E-state index in [0.717, 1.165) is 18.4 Å².